The summed E-state index contributed by atoms with van der Waals surface area (Å²) >= 11 is 0. The van der Waals surface area contributed by atoms with E-state index < -0.39 is 29.2 Å². The van der Waals surface area contributed by atoms with Crippen molar-refractivity contribution in [3.63, 3.8) is 0 Å². The molecule has 7 heteroatoms. The van der Waals surface area contributed by atoms with Crippen LogP contribution in [0.2, 0.25) is 0 Å². The summed E-state index contributed by atoms with van der Waals surface area (Å²) in [6.07, 6.45) is 3.66. The summed E-state index contributed by atoms with van der Waals surface area (Å²) in [6, 6.07) is 21.0. The zero-order chi connectivity index (χ0) is 25.4. The Kier molecular flexibility index (Phi) is 5.70. The molecule has 0 aromatic heterocycles. The molecular weight excluding hydrogens is 457 g/mol. The van der Waals surface area contributed by atoms with Gasteiger partial charge in [-0.2, -0.15) is 10.5 Å². The molecule has 0 spiro atoms. The van der Waals surface area contributed by atoms with E-state index in [4.69, 9.17) is 9.47 Å². The molecule has 6 nitrogen and oxygen atoms in total. The number of halogens is 1. The molecule has 0 unspecified atom stereocenters. The van der Waals surface area contributed by atoms with Gasteiger partial charge in [0.15, 0.2) is 22.7 Å². The first-order valence-electron chi connectivity index (χ1n) is 11.4. The fourth-order valence-electron chi connectivity index (χ4n) is 5.50. The molecule has 3 aromatic carbocycles. The van der Waals surface area contributed by atoms with Crippen LogP contribution in [0.3, 0.4) is 0 Å². The number of carbonyl (C=O) groups excluding carboxylic acids is 1. The number of nitriles is 2. The summed E-state index contributed by atoms with van der Waals surface area (Å²) in [5, 5.41) is 21.1. The van der Waals surface area contributed by atoms with E-state index in [9.17, 15) is 19.7 Å². The Hall–Kier alpha value is -4.62. The summed E-state index contributed by atoms with van der Waals surface area (Å²) in [7, 11) is 3.00. The zero-order valence-corrected chi connectivity index (χ0v) is 19.7. The van der Waals surface area contributed by atoms with E-state index in [1.54, 1.807) is 36.5 Å². The van der Waals surface area contributed by atoms with Gasteiger partial charge in [-0.3, -0.25) is 4.79 Å². The highest BCUT2D eigenvalue weighted by Crippen LogP contribution is 2.60. The van der Waals surface area contributed by atoms with E-state index in [1.807, 2.05) is 35.2 Å². The predicted molar refractivity (Wildman–Crippen MR) is 131 cm³/mol. The molecule has 36 heavy (non-hydrogen) atoms. The van der Waals surface area contributed by atoms with Gasteiger partial charge in [-0.1, -0.05) is 36.4 Å². The molecule has 0 radical (unpaired) electrons. The Balaban J connectivity index is 1.74. The Morgan fingerprint density at radius 1 is 0.972 bits per heavy atom. The molecular formula is C29H22FN3O3. The lowest BCUT2D eigenvalue weighted by atomic mass is 9.67. The summed E-state index contributed by atoms with van der Waals surface area (Å²) in [5.74, 6) is -0.714. The van der Waals surface area contributed by atoms with Crippen LogP contribution in [0.25, 0.3) is 6.08 Å². The third-order valence-electron chi connectivity index (χ3n) is 7.11. The standard InChI is InChI=1S/C29H22FN3O3/c1-35-23-12-9-20(15-24(23)36-2)27(34)26-25(19-7-10-21(30)11-8-19)29(16-31,17-32)28-22-6-4-3-5-18(22)13-14-33(26)28/h3-15,25-26,28H,1-2H3/t25-,26+,28-/m1/s1. The van der Waals surface area contributed by atoms with Crippen molar-refractivity contribution in [3.05, 3.63) is 101 Å². The predicted octanol–water partition coefficient (Wildman–Crippen LogP) is 5.25. The van der Waals surface area contributed by atoms with E-state index in [0.29, 0.717) is 22.6 Å². The van der Waals surface area contributed by atoms with E-state index in [-0.39, 0.29) is 5.78 Å². The van der Waals surface area contributed by atoms with Crippen LogP contribution < -0.4 is 9.47 Å². The third kappa shape index (κ3) is 3.32. The lowest BCUT2D eigenvalue weighted by Gasteiger charge is -2.34. The van der Waals surface area contributed by atoms with E-state index in [1.165, 1.54) is 26.4 Å². The summed E-state index contributed by atoms with van der Waals surface area (Å²) in [5.41, 5.74) is 0.944. The van der Waals surface area contributed by atoms with Gasteiger partial charge in [-0.15, -0.1) is 0 Å². The number of hydrogen-bond acceptors (Lipinski definition) is 6. The van der Waals surface area contributed by atoms with Gasteiger partial charge in [0.25, 0.3) is 0 Å². The Morgan fingerprint density at radius 3 is 2.33 bits per heavy atom. The van der Waals surface area contributed by atoms with Gasteiger partial charge >= 0.3 is 0 Å². The highest BCUT2D eigenvalue weighted by atomic mass is 19.1. The molecule has 178 valence electrons. The number of ether oxygens (including phenoxy) is 2. The molecule has 2 heterocycles. The van der Waals surface area contributed by atoms with Crippen LogP contribution in [0.5, 0.6) is 11.5 Å². The smallest absolute Gasteiger partial charge is 0.186 e. The average Bonchev–Trinajstić information content (AvgIpc) is 3.23. The molecule has 5 rings (SSSR count). The molecule has 0 amide bonds. The molecule has 3 atom stereocenters. The van der Waals surface area contributed by atoms with Crippen LogP contribution in [0.15, 0.2) is 72.9 Å². The number of nitrogens with zero attached hydrogens (tertiary/aromatic N) is 3. The fourth-order valence-corrected chi connectivity index (χ4v) is 5.50. The van der Waals surface area contributed by atoms with Gasteiger partial charge in [-0.25, -0.2) is 4.39 Å². The lowest BCUT2D eigenvalue weighted by Crippen LogP contribution is -2.37. The van der Waals surface area contributed by atoms with Crippen LogP contribution in [-0.4, -0.2) is 30.9 Å². The summed E-state index contributed by atoms with van der Waals surface area (Å²) in [6.45, 7) is 0. The number of Topliss-reactive ketones (excluding diaryl/α,β-unsaturated/α-hetero) is 1. The van der Waals surface area contributed by atoms with Gasteiger partial charge in [0.1, 0.15) is 11.9 Å². The van der Waals surface area contributed by atoms with Crippen molar-refractivity contribution < 1.29 is 18.7 Å². The zero-order valence-electron chi connectivity index (χ0n) is 19.7. The molecule has 1 saturated heterocycles. The Bertz CT molecular complexity index is 1440. The molecule has 1 fully saturated rings. The quantitative estimate of drug-likeness (QED) is 0.465. The normalized spacial score (nSPS) is 21.0. The van der Waals surface area contributed by atoms with Crippen molar-refractivity contribution in [1.82, 2.24) is 4.90 Å². The average molecular weight is 480 g/mol. The van der Waals surface area contributed by atoms with E-state index in [0.717, 1.165) is 11.1 Å². The van der Waals surface area contributed by atoms with E-state index in [2.05, 4.69) is 12.1 Å². The fraction of sp³-hybridized carbons (Fsp3) is 0.207. The van der Waals surface area contributed by atoms with Crippen molar-refractivity contribution in [2.24, 2.45) is 5.41 Å². The van der Waals surface area contributed by atoms with Gasteiger partial charge in [0.05, 0.1) is 32.4 Å². The molecule has 0 bridgehead atoms. The van der Waals surface area contributed by atoms with Crippen molar-refractivity contribution in [2.45, 2.75) is 18.0 Å². The third-order valence-corrected chi connectivity index (χ3v) is 7.11. The van der Waals surface area contributed by atoms with Gasteiger partial charge in [-0.05, 0) is 53.1 Å². The maximum Gasteiger partial charge on any atom is 0.186 e. The first kappa shape index (κ1) is 23.1. The molecule has 0 aliphatic carbocycles. The van der Waals surface area contributed by atoms with Gasteiger partial charge in [0, 0.05) is 17.7 Å². The number of benzene rings is 3. The van der Waals surface area contributed by atoms with Crippen molar-refractivity contribution >= 4 is 11.9 Å². The second-order valence-corrected chi connectivity index (χ2v) is 8.80. The van der Waals surface area contributed by atoms with E-state index >= 15 is 0 Å². The topological polar surface area (TPSA) is 86.3 Å². The number of fused-ring (bicyclic) bond motifs is 3. The molecule has 0 N–H and O–H groups in total. The largest absolute Gasteiger partial charge is 0.493 e. The molecule has 0 saturated carbocycles. The first-order valence-corrected chi connectivity index (χ1v) is 11.4. The van der Waals surface area contributed by atoms with Gasteiger partial charge < -0.3 is 14.4 Å². The minimum Gasteiger partial charge on any atom is -0.493 e. The van der Waals surface area contributed by atoms with Crippen molar-refractivity contribution in [2.75, 3.05) is 14.2 Å². The van der Waals surface area contributed by atoms with Crippen LogP contribution in [0.1, 0.15) is 39.0 Å². The Labute approximate surface area is 208 Å². The summed E-state index contributed by atoms with van der Waals surface area (Å²) in [4.78, 5) is 16.0. The first-order chi connectivity index (χ1) is 17.5. The SMILES string of the molecule is COc1ccc(C(=O)[C@@H]2[C@@H](c3ccc(F)cc3)C(C#N)(C#N)[C@H]3c4ccccc4C=CN23)cc1OC. The number of carbonyl (C=O) groups is 1. The van der Waals surface area contributed by atoms with Crippen LogP contribution in [0, 0.1) is 33.9 Å². The second-order valence-electron chi connectivity index (χ2n) is 8.80. The minimum absolute atomic E-state index is 0.285. The summed E-state index contributed by atoms with van der Waals surface area (Å²) < 4.78 is 24.6. The molecule has 2 aliphatic rings. The van der Waals surface area contributed by atoms with Crippen LogP contribution >= 0.6 is 0 Å². The number of methoxy groups -OCH3 is 2. The lowest BCUT2D eigenvalue weighted by molar-refractivity contribution is 0.0874. The monoisotopic (exact) mass is 479 g/mol. The number of rotatable bonds is 5. The Morgan fingerprint density at radius 2 is 1.67 bits per heavy atom. The minimum atomic E-state index is -1.62. The highest BCUT2D eigenvalue weighted by molar-refractivity contribution is 6.02. The number of ketones is 1. The maximum atomic E-state index is 14.2. The van der Waals surface area contributed by atoms with Gasteiger partial charge in [0.2, 0.25) is 0 Å². The molecule has 2 aliphatic heterocycles. The van der Waals surface area contributed by atoms with Crippen LogP contribution in [0.4, 0.5) is 4.39 Å². The molecule has 3 aromatic rings. The maximum absolute atomic E-state index is 14.2. The van der Waals surface area contributed by atoms with Crippen LogP contribution in [-0.2, 0) is 0 Å². The second kappa shape index (κ2) is 8.87. The van der Waals surface area contributed by atoms with Crippen molar-refractivity contribution in [3.8, 4) is 23.6 Å². The van der Waals surface area contributed by atoms with Crippen molar-refractivity contribution in [1.29, 1.82) is 10.5 Å². The highest BCUT2D eigenvalue weighted by Gasteiger charge is 2.63. The number of hydrogen-bond donors (Lipinski definition) is 0.